The lowest BCUT2D eigenvalue weighted by Crippen LogP contribution is -2.45. The molecule has 0 radical (unpaired) electrons. The predicted octanol–water partition coefficient (Wildman–Crippen LogP) is 3.75. The average Bonchev–Trinajstić information content (AvgIpc) is 2.57. The number of benzene rings is 1. The van der Waals surface area contributed by atoms with Gasteiger partial charge in [-0.2, -0.15) is 13.2 Å². The molecule has 128 valence electrons. The van der Waals surface area contributed by atoms with Gasteiger partial charge in [0, 0.05) is 38.6 Å². The number of pyridine rings is 1. The molecule has 7 heteroatoms. The molecule has 0 bridgehead atoms. The summed E-state index contributed by atoms with van der Waals surface area (Å²) in [7, 11) is 0. The van der Waals surface area contributed by atoms with E-state index in [0.29, 0.717) is 5.56 Å². The van der Waals surface area contributed by atoms with E-state index < -0.39 is 11.7 Å². The fraction of sp³-hybridized carbons (Fsp3) is 0.353. The van der Waals surface area contributed by atoms with Gasteiger partial charge in [-0.15, -0.1) is 0 Å². The minimum absolute atomic E-state index is 0.256. The minimum atomic E-state index is -4.47. The molecular formula is C17H17ClF3N3. The highest BCUT2D eigenvalue weighted by molar-refractivity contribution is 6.31. The summed E-state index contributed by atoms with van der Waals surface area (Å²) in [6, 6.07) is 7.59. The van der Waals surface area contributed by atoms with Crippen LogP contribution in [0.15, 0.2) is 42.7 Å². The van der Waals surface area contributed by atoms with Crippen LogP contribution in [0.4, 0.5) is 13.2 Å². The van der Waals surface area contributed by atoms with E-state index in [1.54, 1.807) is 18.5 Å². The second-order valence-electron chi connectivity index (χ2n) is 5.71. The third-order valence-electron chi connectivity index (χ3n) is 4.15. The molecule has 1 unspecified atom stereocenters. The van der Waals surface area contributed by atoms with Crippen molar-refractivity contribution in [3.8, 4) is 0 Å². The number of halogens is 4. The van der Waals surface area contributed by atoms with Crippen molar-refractivity contribution in [2.45, 2.75) is 12.2 Å². The number of nitrogens with zero attached hydrogens (tertiary/aromatic N) is 2. The van der Waals surface area contributed by atoms with Gasteiger partial charge in [0.1, 0.15) is 0 Å². The molecule has 1 aromatic heterocycles. The Hall–Kier alpha value is -1.63. The summed E-state index contributed by atoms with van der Waals surface area (Å²) in [6.07, 6.45) is -1.16. The third kappa shape index (κ3) is 3.71. The molecule has 3 rings (SSSR count). The number of hydrogen-bond donors (Lipinski definition) is 1. The average molecular weight is 356 g/mol. The van der Waals surface area contributed by atoms with Gasteiger partial charge >= 0.3 is 6.18 Å². The van der Waals surface area contributed by atoms with E-state index in [1.165, 1.54) is 6.07 Å². The molecule has 0 saturated carbocycles. The van der Waals surface area contributed by atoms with Gasteiger partial charge in [0.25, 0.3) is 0 Å². The third-order valence-corrected chi connectivity index (χ3v) is 4.48. The van der Waals surface area contributed by atoms with Crippen molar-refractivity contribution in [1.29, 1.82) is 0 Å². The Labute approximate surface area is 143 Å². The van der Waals surface area contributed by atoms with Gasteiger partial charge in [0.15, 0.2) is 0 Å². The van der Waals surface area contributed by atoms with Crippen LogP contribution in [-0.4, -0.2) is 36.1 Å². The fourth-order valence-electron chi connectivity index (χ4n) is 3.03. The first-order valence-electron chi connectivity index (χ1n) is 7.68. The maximum atomic E-state index is 13.2. The molecule has 24 heavy (non-hydrogen) atoms. The van der Waals surface area contributed by atoms with Gasteiger partial charge in [0.2, 0.25) is 0 Å². The quantitative estimate of drug-likeness (QED) is 0.909. The Morgan fingerprint density at radius 2 is 1.71 bits per heavy atom. The predicted molar refractivity (Wildman–Crippen MR) is 87.0 cm³/mol. The van der Waals surface area contributed by atoms with E-state index in [1.807, 2.05) is 12.1 Å². The molecule has 0 aliphatic carbocycles. The summed E-state index contributed by atoms with van der Waals surface area (Å²) in [5.41, 5.74) is 0.707. The zero-order valence-electron chi connectivity index (χ0n) is 12.9. The topological polar surface area (TPSA) is 28.2 Å². The van der Waals surface area contributed by atoms with E-state index in [-0.39, 0.29) is 11.1 Å². The summed E-state index contributed by atoms with van der Waals surface area (Å²) in [5, 5.41) is 2.98. The molecular weight excluding hydrogens is 339 g/mol. The number of rotatable bonds is 3. The van der Waals surface area contributed by atoms with Gasteiger partial charge in [-0.3, -0.25) is 9.88 Å². The minimum Gasteiger partial charge on any atom is -0.314 e. The zero-order chi connectivity index (χ0) is 17.2. The Balaban J connectivity index is 2.05. The monoisotopic (exact) mass is 355 g/mol. The van der Waals surface area contributed by atoms with Crippen LogP contribution in [0, 0.1) is 0 Å². The molecule has 1 N–H and O–H groups in total. The molecule has 2 aromatic rings. The zero-order valence-corrected chi connectivity index (χ0v) is 13.6. The van der Waals surface area contributed by atoms with E-state index in [2.05, 4.69) is 15.2 Å². The molecule has 3 nitrogen and oxygen atoms in total. The maximum Gasteiger partial charge on any atom is 0.417 e. The highest BCUT2D eigenvalue weighted by Gasteiger charge is 2.34. The van der Waals surface area contributed by atoms with Gasteiger partial charge in [-0.05, 0) is 35.4 Å². The first-order valence-corrected chi connectivity index (χ1v) is 8.06. The lowest BCUT2D eigenvalue weighted by molar-refractivity contribution is -0.137. The van der Waals surface area contributed by atoms with Gasteiger partial charge in [-0.25, -0.2) is 0 Å². The summed E-state index contributed by atoms with van der Waals surface area (Å²) >= 11 is 5.76. The van der Waals surface area contributed by atoms with Crippen molar-refractivity contribution in [3.63, 3.8) is 0 Å². The number of hydrogen-bond acceptors (Lipinski definition) is 3. The van der Waals surface area contributed by atoms with E-state index in [0.717, 1.165) is 37.8 Å². The van der Waals surface area contributed by atoms with Crippen LogP contribution in [0.5, 0.6) is 0 Å². The molecule has 0 amide bonds. The van der Waals surface area contributed by atoms with Crippen molar-refractivity contribution in [3.05, 3.63) is 64.4 Å². The Bertz CT molecular complexity index is 685. The highest BCUT2D eigenvalue weighted by Crippen LogP contribution is 2.38. The Kier molecular flexibility index (Phi) is 5.08. The molecule has 1 fully saturated rings. The first kappa shape index (κ1) is 17.2. The molecule has 2 heterocycles. The Morgan fingerprint density at radius 3 is 2.33 bits per heavy atom. The lowest BCUT2D eigenvalue weighted by atomic mass is 9.95. The van der Waals surface area contributed by atoms with Crippen molar-refractivity contribution in [2.24, 2.45) is 0 Å². The first-order chi connectivity index (χ1) is 11.5. The van der Waals surface area contributed by atoms with Crippen molar-refractivity contribution in [2.75, 3.05) is 26.2 Å². The highest BCUT2D eigenvalue weighted by atomic mass is 35.5. The van der Waals surface area contributed by atoms with E-state index in [9.17, 15) is 13.2 Å². The van der Waals surface area contributed by atoms with Crippen LogP contribution in [0.2, 0.25) is 5.02 Å². The van der Waals surface area contributed by atoms with Gasteiger partial charge in [0.05, 0.1) is 16.6 Å². The molecule has 1 saturated heterocycles. The lowest BCUT2D eigenvalue weighted by Gasteiger charge is -2.35. The second-order valence-corrected chi connectivity index (χ2v) is 6.11. The number of piperazine rings is 1. The Morgan fingerprint density at radius 1 is 1.04 bits per heavy atom. The van der Waals surface area contributed by atoms with Crippen molar-refractivity contribution in [1.82, 2.24) is 15.2 Å². The molecule has 1 aliphatic heterocycles. The second kappa shape index (κ2) is 7.09. The molecule has 1 aromatic carbocycles. The van der Waals surface area contributed by atoms with Crippen LogP contribution in [-0.2, 0) is 6.18 Å². The smallest absolute Gasteiger partial charge is 0.314 e. The summed E-state index contributed by atoms with van der Waals surface area (Å²) < 4.78 is 39.7. The fourth-order valence-corrected chi connectivity index (χ4v) is 3.26. The summed E-state index contributed by atoms with van der Waals surface area (Å²) in [4.78, 5) is 6.18. The molecule has 0 spiro atoms. The summed E-state index contributed by atoms with van der Waals surface area (Å²) in [5.74, 6) is 0. The maximum absolute atomic E-state index is 13.2. The molecule has 1 aliphatic rings. The number of alkyl halides is 3. The van der Waals surface area contributed by atoms with Crippen LogP contribution < -0.4 is 5.32 Å². The van der Waals surface area contributed by atoms with Crippen LogP contribution in [0.1, 0.15) is 22.7 Å². The van der Waals surface area contributed by atoms with Crippen LogP contribution in [0.3, 0.4) is 0 Å². The van der Waals surface area contributed by atoms with Crippen molar-refractivity contribution >= 4 is 11.6 Å². The normalized spacial score (nSPS) is 17.7. The van der Waals surface area contributed by atoms with Crippen molar-refractivity contribution < 1.29 is 13.2 Å². The van der Waals surface area contributed by atoms with E-state index in [4.69, 9.17) is 11.6 Å². The van der Waals surface area contributed by atoms with Gasteiger partial charge in [-0.1, -0.05) is 17.7 Å². The number of nitrogens with one attached hydrogen (secondary N) is 1. The SMILES string of the molecule is FC(F)(F)c1cc(C(c2ccncc2)N2CCNCC2)ccc1Cl. The van der Waals surface area contributed by atoms with Gasteiger partial charge < -0.3 is 5.32 Å². The molecule has 1 atom stereocenters. The van der Waals surface area contributed by atoms with Crippen LogP contribution in [0.25, 0.3) is 0 Å². The number of aromatic nitrogens is 1. The standard InChI is InChI=1S/C17H17ClF3N3/c18-15-2-1-13(11-14(15)17(19,20)21)16(12-3-5-22-6-4-12)24-9-7-23-8-10-24/h1-6,11,16,23H,7-10H2. The largest absolute Gasteiger partial charge is 0.417 e. The van der Waals surface area contributed by atoms with Crippen LogP contribution >= 0.6 is 11.6 Å². The summed E-state index contributed by atoms with van der Waals surface area (Å²) in [6.45, 7) is 3.14. The van der Waals surface area contributed by atoms with E-state index >= 15 is 0 Å².